The van der Waals surface area contributed by atoms with E-state index in [1.807, 2.05) is 6.92 Å². The monoisotopic (exact) mass is 526 g/mol. The van der Waals surface area contributed by atoms with Gasteiger partial charge in [0.2, 0.25) is 5.75 Å². The second-order valence-corrected chi connectivity index (χ2v) is 7.88. The van der Waals surface area contributed by atoms with E-state index in [9.17, 15) is 9.59 Å². The average Bonchev–Trinajstić information content (AvgIpc) is 2.89. The smallest absolute Gasteiger partial charge is 0.258 e. The zero-order chi connectivity index (χ0) is 26.9. The van der Waals surface area contributed by atoms with E-state index in [4.69, 9.17) is 36.0 Å². The third-order valence-corrected chi connectivity index (χ3v) is 5.40. The Kier molecular flexibility index (Phi) is 9.17. The molecule has 4 N–H and O–H groups in total. The molecule has 0 saturated heterocycles. The second-order valence-electron chi connectivity index (χ2n) is 7.47. The highest BCUT2D eigenvalue weighted by Crippen LogP contribution is 2.38. The maximum Gasteiger partial charge on any atom is 0.258 e. The van der Waals surface area contributed by atoms with Crippen molar-refractivity contribution in [3.05, 3.63) is 70.7 Å². The minimum absolute atomic E-state index is 0.185. The summed E-state index contributed by atoms with van der Waals surface area (Å²) in [7, 11) is 4.33. The van der Waals surface area contributed by atoms with Crippen LogP contribution in [0, 0.1) is 5.41 Å². The molecule has 0 bridgehead atoms. The zero-order valence-electron chi connectivity index (χ0n) is 20.7. The van der Waals surface area contributed by atoms with Gasteiger partial charge in [-0.2, -0.15) is 0 Å². The maximum absolute atomic E-state index is 12.8. The van der Waals surface area contributed by atoms with Gasteiger partial charge in [0.15, 0.2) is 17.5 Å². The first-order valence-corrected chi connectivity index (χ1v) is 11.5. The lowest BCUT2D eigenvalue weighted by atomic mass is 10.1. The Hall–Kier alpha value is -4.44. The van der Waals surface area contributed by atoms with Crippen LogP contribution in [0.5, 0.6) is 23.0 Å². The van der Waals surface area contributed by atoms with Crippen molar-refractivity contribution in [3.63, 3.8) is 0 Å². The van der Waals surface area contributed by atoms with Crippen LogP contribution in [0.1, 0.15) is 27.6 Å². The number of benzene rings is 3. The molecule has 0 atom stereocenters. The molecule has 194 valence electrons. The van der Waals surface area contributed by atoms with E-state index in [-0.39, 0.29) is 22.1 Å². The van der Waals surface area contributed by atoms with Crippen molar-refractivity contribution in [1.29, 1.82) is 5.41 Å². The van der Waals surface area contributed by atoms with Gasteiger partial charge in [0.25, 0.3) is 11.8 Å². The molecule has 0 unspecified atom stereocenters. The van der Waals surface area contributed by atoms with Crippen LogP contribution >= 0.6 is 11.6 Å². The van der Waals surface area contributed by atoms with Gasteiger partial charge in [-0.05, 0) is 61.5 Å². The van der Waals surface area contributed by atoms with Crippen molar-refractivity contribution in [1.82, 2.24) is 5.32 Å². The highest BCUT2D eigenvalue weighted by atomic mass is 35.5. The minimum atomic E-state index is -0.584. The minimum Gasteiger partial charge on any atom is -0.494 e. The molecule has 0 fully saturated rings. The molecular formula is C26H27ClN4O6. The summed E-state index contributed by atoms with van der Waals surface area (Å²) in [6.07, 6.45) is 0. The maximum atomic E-state index is 12.8. The Labute approximate surface area is 219 Å². The Morgan fingerprint density at radius 2 is 1.46 bits per heavy atom. The van der Waals surface area contributed by atoms with E-state index < -0.39 is 11.8 Å². The fourth-order valence-electron chi connectivity index (χ4n) is 3.35. The number of carbonyl (C=O) groups excluding carboxylic acids is 2. The fraction of sp³-hybridized carbons (Fsp3) is 0.192. The van der Waals surface area contributed by atoms with Crippen molar-refractivity contribution in [2.45, 2.75) is 6.92 Å². The molecule has 2 amide bonds. The molecule has 0 aliphatic rings. The molecule has 0 heterocycles. The van der Waals surface area contributed by atoms with Gasteiger partial charge in [0.1, 0.15) is 5.75 Å². The number of carbonyl (C=O) groups is 2. The van der Waals surface area contributed by atoms with E-state index in [2.05, 4.69) is 16.0 Å². The van der Waals surface area contributed by atoms with E-state index in [0.29, 0.717) is 41.0 Å². The summed E-state index contributed by atoms with van der Waals surface area (Å²) >= 11 is 6.24. The van der Waals surface area contributed by atoms with Crippen LogP contribution in [0.4, 0.5) is 11.4 Å². The summed E-state index contributed by atoms with van der Waals surface area (Å²) < 4.78 is 21.2. The number of anilines is 2. The molecule has 3 aromatic carbocycles. The molecule has 37 heavy (non-hydrogen) atoms. The molecular weight excluding hydrogens is 500 g/mol. The van der Waals surface area contributed by atoms with Crippen LogP contribution in [0.3, 0.4) is 0 Å². The quantitative estimate of drug-likeness (QED) is 0.233. The lowest BCUT2D eigenvalue weighted by Crippen LogP contribution is -2.35. The molecule has 11 heteroatoms. The Bertz CT molecular complexity index is 1270. The Morgan fingerprint density at radius 1 is 0.838 bits per heavy atom. The van der Waals surface area contributed by atoms with E-state index >= 15 is 0 Å². The van der Waals surface area contributed by atoms with Gasteiger partial charge in [-0.25, -0.2) is 0 Å². The highest BCUT2D eigenvalue weighted by molar-refractivity contribution is 6.34. The number of guanidine groups is 1. The highest BCUT2D eigenvalue weighted by Gasteiger charge is 2.18. The third-order valence-electron chi connectivity index (χ3n) is 5.07. The Balaban J connectivity index is 1.69. The van der Waals surface area contributed by atoms with Gasteiger partial charge in [-0.3, -0.25) is 20.3 Å². The summed E-state index contributed by atoms with van der Waals surface area (Å²) in [5.41, 5.74) is 1.31. The van der Waals surface area contributed by atoms with E-state index in [0.717, 1.165) is 0 Å². The predicted molar refractivity (Wildman–Crippen MR) is 142 cm³/mol. The fourth-order valence-corrected chi connectivity index (χ4v) is 3.55. The number of methoxy groups -OCH3 is 3. The van der Waals surface area contributed by atoms with Crippen LogP contribution in [0.15, 0.2) is 54.6 Å². The molecule has 3 rings (SSSR count). The number of amides is 2. The normalized spacial score (nSPS) is 10.2. The van der Waals surface area contributed by atoms with Gasteiger partial charge in [0.05, 0.1) is 38.5 Å². The first-order chi connectivity index (χ1) is 17.8. The lowest BCUT2D eigenvalue weighted by Gasteiger charge is -2.15. The molecule has 0 aliphatic carbocycles. The van der Waals surface area contributed by atoms with Crippen LogP contribution in [0.2, 0.25) is 5.02 Å². The molecule has 0 saturated carbocycles. The number of ether oxygens (including phenoxy) is 4. The standard InChI is InChI=1S/C26H27ClN4O6/c1-5-37-18-9-6-16(7-10-18)29-25(33)19-14-17(8-11-20(19)27)30-26(28)31-24(32)15-12-21(34-2)23(36-4)22(13-15)35-3/h6-14H,5H2,1-4H3,(H,29,33)(H3,28,30,31,32). The van der Waals surface area contributed by atoms with Crippen LogP contribution in [0.25, 0.3) is 0 Å². The van der Waals surface area contributed by atoms with Crippen molar-refractivity contribution in [2.24, 2.45) is 0 Å². The number of rotatable bonds is 9. The average molecular weight is 527 g/mol. The number of hydrogen-bond donors (Lipinski definition) is 4. The van der Waals surface area contributed by atoms with Crippen LogP contribution < -0.4 is 34.9 Å². The van der Waals surface area contributed by atoms with Crippen molar-refractivity contribution in [2.75, 3.05) is 38.6 Å². The number of hydrogen-bond acceptors (Lipinski definition) is 7. The largest absolute Gasteiger partial charge is 0.494 e. The van der Waals surface area contributed by atoms with Gasteiger partial charge in [0, 0.05) is 16.9 Å². The Morgan fingerprint density at radius 3 is 2.03 bits per heavy atom. The molecule has 0 aliphatic heterocycles. The molecule has 0 radical (unpaired) electrons. The predicted octanol–water partition coefficient (Wildman–Crippen LogP) is 4.79. The second kappa shape index (κ2) is 12.5. The molecule has 3 aromatic rings. The SMILES string of the molecule is CCOc1ccc(NC(=O)c2cc(NC(=N)NC(=O)c3cc(OC)c(OC)c(OC)c3)ccc2Cl)cc1. The zero-order valence-corrected chi connectivity index (χ0v) is 21.5. The van der Waals surface area contributed by atoms with Crippen LogP contribution in [-0.4, -0.2) is 45.7 Å². The summed E-state index contributed by atoms with van der Waals surface area (Å²) in [4.78, 5) is 25.5. The number of halogens is 1. The van der Waals surface area contributed by atoms with Gasteiger partial charge in [-0.15, -0.1) is 0 Å². The summed E-state index contributed by atoms with van der Waals surface area (Å²) in [5, 5.41) is 16.3. The van der Waals surface area contributed by atoms with Crippen molar-refractivity contribution < 1.29 is 28.5 Å². The summed E-state index contributed by atoms with van der Waals surface area (Å²) in [5.74, 6) is 0.285. The lowest BCUT2D eigenvalue weighted by molar-refractivity contribution is 0.0974. The van der Waals surface area contributed by atoms with E-state index in [1.165, 1.54) is 45.6 Å². The first-order valence-electron chi connectivity index (χ1n) is 11.1. The van der Waals surface area contributed by atoms with Gasteiger partial charge >= 0.3 is 0 Å². The molecule has 0 spiro atoms. The molecule has 10 nitrogen and oxygen atoms in total. The van der Waals surface area contributed by atoms with Gasteiger partial charge in [-0.1, -0.05) is 11.6 Å². The number of nitrogens with one attached hydrogen (secondary N) is 4. The van der Waals surface area contributed by atoms with Crippen molar-refractivity contribution in [3.8, 4) is 23.0 Å². The summed E-state index contributed by atoms with van der Waals surface area (Å²) in [6.45, 7) is 2.43. The first kappa shape index (κ1) is 27.2. The molecule has 0 aromatic heterocycles. The third kappa shape index (κ3) is 6.83. The van der Waals surface area contributed by atoms with E-state index in [1.54, 1.807) is 30.3 Å². The van der Waals surface area contributed by atoms with Gasteiger partial charge < -0.3 is 29.6 Å². The van der Waals surface area contributed by atoms with Crippen molar-refractivity contribution >= 4 is 40.7 Å². The van der Waals surface area contributed by atoms with Crippen LogP contribution in [-0.2, 0) is 0 Å². The summed E-state index contributed by atoms with van der Waals surface area (Å²) in [6, 6.07) is 14.4. The topological polar surface area (TPSA) is 131 Å².